The second kappa shape index (κ2) is 10.6. The number of amides is 2. The maximum absolute atomic E-state index is 12.1. The normalized spacial score (nSPS) is 11.3. The van der Waals surface area contributed by atoms with Gasteiger partial charge in [0.05, 0.1) is 0 Å². The maximum atomic E-state index is 12.1. The molecule has 0 saturated carbocycles. The number of nitrogens with zero attached hydrogens (tertiary/aromatic N) is 1. The van der Waals surface area contributed by atoms with Gasteiger partial charge in [-0.1, -0.05) is 42.5 Å². The van der Waals surface area contributed by atoms with Crippen molar-refractivity contribution in [3.8, 4) is 5.75 Å². The minimum absolute atomic E-state index is 0.131. The van der Waals surface area contributed by atoms with E-state index >= 15 is 0 Å². The molecule has 0 aliphatic carbocycles. The molecule has 5 nitrogen and oxygen atoms in total. The highest BCUT2D eigenvalue weighted by molar-refractivity contribution is 5.73. The first kappa shape index (κ1) is 21.6. The van der Waals surface area contributed by atoms with E-state index in [2.05, 4.69) is 32.4 Å². The molecule has 2 aromatic rings. The van der Waals surface area contributed by atoms with Crippen LogP contribution in [0.4, 0.5) is 18.0 Å². The van der Waals surface area contributed by atoms with Gasteiger partial charge in [-0.05, 0) is 30.3 Å². The van der Waals surface area contributed by atoms with Crippen LogP contribution in [0.5, 0.6) is 5.75 Å². The largest absolute Gasteiger partial charge is 0.484 e. The third-order valence-corrected chi connectivity index (χ3v) is 3.85. The lowest BCUT2D eigenvalue weighted by molar-refractivity contribution is -0.153. The first-order valence-electron chi connectivity index (χ1n) is 8.84. The van der Waals surface area contributed by atoms with Gasteiger partial charge in [-0.15, -0.1) is 0 Å². The molecule has 0 aliphatic rings. The molecular weight excluding hydrogens is 371 g/mol. The standard InChI is InChI=1S/C20H24F3N3O2/c1-26(14-17-5-3-2-4-6-17)12-11-24-19(27)25-13-16-7-9-18(10-8-16)28-15-20(21,22)23/h2-10H,11-15H2,1H3,(H2,24,25,27). The third kappa shape index (κ3) is 8.77. The molecule has 0 fully saturated rings. The van der Waals surface area contributed by atoms with Gasteiger partial charge < -0.3 is 20.3 Å². The first-order chi connectivity index (χ1) is 13.3. The summed E-state index contributed by atoms with van der Waals surface area (Å²) >= 11 is 0. The van der Waals surface area contributed by atoms with Gasteiger partial charge in [-0.25, -0.2) is 4.79 Å². The number of alkyl halides is 3. The lowest BCUT2D eigenvalue weighted by atomic mass is 10.2. The third-order valence-electron chi connectivity index (χ3n) is 3.85. The number of hydrogen-bond donors (Lipinski definition) is 2. The van der Waals surface area contributed by atoms with Crippen molar-refractivity contribution in [2.75, 3.05) is 26.7 Å². The van der Waals surface area contributed by atoms with E-state index in [1.54, 1.807) is 12.1 Å². The highest BCUT2D eigenvalue weighted by Gasteiger charge is 2.28. The van der Waals surface area contributed by atoms with Gasteiger partial charge in [0.1, 0.15) is 5.75 Å². The second-order valence-corrected chi connectivity index (χ2v) is 6.38. The van der Waals surface area contributed by atoms with E-state index in [4.69, 9.17) is 0 Å². The summed E-state index contributed by atoms with van der Waals surface area (Å²) in [5.74, 6) is 0.131. The molecule has 8 heteroatoms. The Morgan fingerprint density at radius 3 is 2.32 bits per heavy atom. The summed E-state index contributed by atoms with van der Waals surface area (Å²) in [5, 5.41) is 5.49. The molecule has 2 N–H and O–H groups in total. The van der Waals surface area contributed by atoms with E-state index in [0.717, 1.165) is 12.1 Å². The highest BCUT2D eigenvalue weighted by Crippen LogP contribution is 2.18. The zero-order valence-electron chi connectivity index (χ0n) is 15.6. The Labute approximate surface area is 162 Å². The predicted octanol–water partition coefficient (Wildman–Crippen LogP) is 3.56. The number of halogens is 3. The van der Waals surface area contributed by atoms with Crippen LogP contribution in [-0.2, 0) is 13.1 Å². The molecule has 0 aromatic heterocycles. The van der Waals surface area contributed by atoms with Crippen LogP contribution in [0.1, 0.15) is 11.1 Å². The molecule has 0 spiro atoms. The van der Waals surface area contributed by atoms with Crippen LogP contribution in [-0.4, -0.2) is 43.9 Å². The van der Waals surface area contributed by atoms with Crippen molar-refractivity contribution in [2.45, 2.75) is 19.3 Å². The molecule has 0 radical (unpaired) electrons. The molecule has 2 amide bonds. The molecule has 28 heavy (non-hydrogen) atoms. The van der Waals surface area contributed by atoms with E-state index in [0.29, 0.717) is 13.1 Å². The van der Waals surface area contributed by atoms with Gasteiger partial charge in [-0.3, -0.25) is 0 Å². The van der Waals surface area contributed by atoms with Crippen LogP contribution < -0.4 is 15.4 Å². The van der Waals surface area contributed by atoms with Crippen molar-refractivity contribution in [2.24, 2.45) is 0 Å². The SMILES string of the molecule is CN(CCNC(=O)NCc1ccc(OCC(F)(F)F)cc1)Cc1ccccc1. The monoisotopic (exact) mass is 395 g/mol. The van der Waals surface area contributed by atoms with Crippen LogP contribution in [0, 0.1) is 0 Å². The topological polar surface area (TPSA) is 53.6 Å². The summed E-state index contributed by atoms with van der Waals surface area (Å²) in [6.07, 6.45) is -4.37. The number of likely N-dealkylation sites (N-methyl/N-ethyl adjacent to an activating group) is 1. The Morgan fingerprint density at radius 1 is 1.00 bits per heavy atom. The first-order valence-corrected chi connectivity index (χ1v) is 8.84. The Bertz CT molecular complexity index is 722. The summed E-state index contributed by atoms with van der Waals surface area (Å²) in [6.45, 7) is 0.941. The fourth-order valence-electron chi connectivity index (χ4n) is 2.45. The quantitative estimate of drug-likeness (QED) is 0.683. The maximum Gasteiger partial charge on any atom is 0.422 e. The number of carbonyl (C=O) groups excluding carboxylic acids is 1. The van der Waals surface area contributed by atoms with E-state index in [1.165, 1.54) is 17.7 Å². The van der Waals surface area contributed by atoms with Gasteiger partial charge in [0.15, 0.2) is 6.61 Å². The molecule has 0 saturated heterocycles. The number of hydrogen-bond acceptors (Lipinski definition) is 3. The number of ether oxygens (including phenoxy) is 1. The smallest absolute Gasteiger partial charge is 0.422 e. The average molecular weight is 395 g/mol. The summed E-state index contributed by atoms with van der Waals surface area (Å²) in [4.78, 5) is 14.0. The summed E-state index contributed by atoms with van der Waals surface area (Å²) in [7, 11) is 1.98. The number of benzene rings is 2. The summed E-state index contributed by atoms with van der Waals surface area (Å²) in [5.41, 5.74) is 1.97. The zero-order valence-corrected chi connectivity index (χ0v) is 15.6. The average Bonchev–Trinajstić information content (AvgIpc) is 2.66. The molecule has 2 rings (SSSR count). The molecule has 0 heterocycles. The van der Waals surface area contributed by atoms with E-state index in [1.807, 2.05) is 25.2 Å². The number of urea groups is 1. The molecule has 0 unspecified atom stereocenters. The second-order valence-electron chi connectivity index (χ2n) is 6.38. The molecule has 152 valence electrons. The van der Waals surface area contributed by atoms with Gasteiger partial charge >= 0.3 is 12.2 Å². The van der Waals surface area contributed by atoms with Crippen LogP contribution >= 0.6 is 0 Å². The molecule has 0 atom stereocenters. The van der Waals surface area contributed by atoms with E-state index in [-0.39, 0.29) is 18.3 Å². The van der Waals surface area contributed by atoms with Crippen molar-refractivity contribution in [1.82, 2.24) is 15.5 Å². The molecular formula is C20H24F3N3O2. The predicted molar refractivity (Wildman–Crippen MR) is 101 cm³/mol. The van der Waals surface area contributed by atoms with Gasteiger partial charge in [0.25, 0.3) is 0 Å². The Hall–Kier alpha value is -2.74. The van der Waals surface area contributed by atoms with Crippen molar-refractivity contribution in [1.29, 1.82) is 0 Å². The van der Waals surface area contributed by atoms with Crippen molar-refractivity contribution >= 4 is 6.03 Å². The minimum Gasteiger partial charge on any atom is -0.484 e. The van der Waals surface area contributed by atoms with Crippen molar-refractivity contribution < 1.29 is 22.7 Å². The Balaban J connectivity index is 1.62. The van der Waals surface area contributed by atoms with E-state index in [9.17, 15) is 18.0 Å². The van der Waals surface area contributed by atoms with Crippen LogP contribution in [0.25, 0.3) is 0 Å². The number of rotatable bonds is 9. The molecule has 0 bridgehead atoms. The Morgan fingerprint density at radius 2 is 1.68 bits per heavy atom. The number of nitrogens with one attached hydrogen (secondary N) is 2. The number of carbonyl (C=O) groups is 1. The van der Waals surface area contributed by atoms with Crippen molar-refractivity contribution in [3.63, 3.8) is 0 Å². The van der Waals surface area contributed by atoms with E-state index < -0.39 is 12.8 Å². The lowest BCUT2D eigenvalue weighted by Crippen LogP contribution is -2.39. The van der Waals surface area contributed by atoms with Crippen molar-refractivity contribution in [3.05, 3.63) is 65.7 Å². The fraction of sp³-hybridized carbons (Fsp3) is 0.350. The van der Waals surface area contributed by atoms with Gasteiger partial charge in [-0.2, -0.15) is 13.2 Å². The minimum atomic E-state index is -4.37. The fourth-order valence-corrected chi connectivity index (χ4v) is 2.45. The van der Waals surface area contributed by atoms with Crippen LogP contribution in [0.3, 0.4) is 0 Å². The zero-order chi connectivity index (χ0) is 20.4. The van der Waals surface area contributed by atoms with Crippen LogP contribution in [0.15, 0.2) is 54.6 Å². The summed E-state index contributed by atoms with van der Waals surface area (Å²) < 4.78 is 41.0. The molecule has 2 aromatic carbocycles. The highest BCUT2D eigenvalue weighted by atomic mass is 19.4. The van der Waals surface area contributed by atoms with Gasteiger partial charge in [0.2, 0.25) is 0 Å². The van der Waals surface area contributed by atoms with Crippen LogP contribution in [0.2, 0.25) is 0 Å². The van der Waals surface area contributed by atoms with Gasteiger partial charge in [0, 0.05) is 26.2 Å². The Kier molecular flexibility index (Phi) is 8.13. The lowest BCUT2D eigenvalue weighted by Gasteiger charge is -2.17. The molecule has 0 aliphatic heterocycles. The summed E-state index contributed by atoms with van der Waals surface area (Å²) in [6, 6.07) is 15.9.